The first-order chi connectivity index (χ1) is 8.16. The minimum Gasteiger partial charge on any atom is -0.379 e. The maximum absolute atomic E-state index is 4.43. The molecule has 0 spiro atoms. The van der Waals surface area contributed by atoms with Gasteiger partial charge in [-0.25, -0.2) is 0 Å². The predicted molar refractivity (Wildman–Crippen MR) is 70.0 cm³/mol. The molecule has 3 heteroatoms. The third kappa shape index (κ3) is 2.81. The van der Waals surface area contributed by atoms with Crippen LogP contribution in [0.4, 0.5) is 5.69 Å². The second kappa shape index (κ2) is 4.95. The van der Waals surface area contributed by atoms with Crippen LogP contribution in [0.15, 0.2) is 30.6 Å². The molecule has 0 aliphatic carbocycles. The summed E-state index contributed by atoms with van der Waals surface area (Å²) in [6.45, 7) is 6.90. The molecule has 17 heavy (non-hydrogen) atoms. The number of rotatable bonds is 3. The lowest BCUT2D eigenvalue weighted by Crippen LogP contribution is -2.04. The van der Waals surface area contributed by atoms with Gasteiger partial charge in [0.2, 0.25) is 0 Å². The fourth-order valence-corrected chi connectivity index (χ4v) is 1.75. The Morgan fingerprint density at radius 2 is 1.94 bits per heavy atom. The van der Waals surface area contributed by atoms with Crippen molar-refractivity contribution < 1.29 is 0 Å². The Balaban J connectivity index is 2.10. The number of aryl methyl sites for hydroxylation is 3. The Morgan fingerprint density at radius 3 is 2.65 bits per heavy atom. The van der Waals surface area contributed by atoms with E-state index in [1.807, 2.05) is 38.4 Å². The van der Waals surface area contributed by atoms with Crippen LogP contribution in [0.1, 0.15) is 22.5 Å². The molecule has 3 nitrogen and oxygen atoms in total. The summed E-state index contributed by atoms with van der Waals surface area (Å²) in [6.07, 6.45) is 3.72. The zero-order valence-corrected chi connectivity index (χ0v) is 10.5. The van der Waals surface area contributed by atoms with Gasteiger partial charge < -0.3 is 5.32 Å². The highest BCUT2D eigenvalue weighted by Crippen LogP contribution is 2.14. The number of anilines is 1. The van der Waals surface area contributed by atoms with Crippen molar-refractivity contribution in [1.82, 2.24) is 9.97 Å². The molecular weight excluding hydrogens is 210 g/mol. The molecule has 0 amide bonds. The quantitative estimate of drug-likeness (QED) is 0.875. The molecule has 88 valence electrons. The van der Waals surface area contributed by atoms with Crippen LogP contribution >= 0.6 is 0 Å². The molecule has 2 aromatic rings. The van der Waals surface area contributed by atoms with Gasteiger partial charge in [0.1, 0.15) is 0 Å². The van der Waals surface area contributed by atoms with Crippen LogP contribution in [-0.4, -0.2) is 9.97 Å². The highest BCUT2D eigenvalue weighted by atomic mass is 14.9. The van der Waals surface area contributed by atoms with E-state index in [2.05, 4.69) is 28.3 Å². The Labute approximate surface area is 102 Å². The van der Waals surface area contributed by atoms with Crippen LogP contribution in [0.2, 0.25) is 0 Å². The molecule has 0 saturated carbocycles. The minimum absolute atomic E-state index is 0.783. The summed E-state index contributed by atoms with van der Waals surface area (Å²) in [4.78, 5) is 8.57. The third-order valence-corrected chi connectivity index (χ3v) is 2.84. The Bertz CT molecular complexity index is 521. The molecule has 0 aromatic carbocycles. The topological polar surface area (TPSA) is 37.8 Å². The zero-order chi connectivity index (χ0) is 12.3. The van der Waals surface area contributed by atoms with Crippen LogP contribution in [0, 0.1) is 20.8 Å². The van der Waals surface area contributed by atoms with E-state index in [0.29, 0.717) is 0 Å². The van der Waals surface area contributed by atoms with Gasteiger partial charge in [0.25, 0.3) is 0 Å². The molecule has 0 atom stereocenters. The van der Waals surface area contributed by atoms with Crippen molar-refractivity contribution in [3.05, 3.63) is 53.1 Å². The van der Waals surface area contributed by atoms with E-state index in [9.17, 15) is 0 Å². The van der Waals surface area contributed by atoms with Crippen molar-refractivity contribution in [2.75, 3.05) is 5.32 Å². The van der Waals surface area contributed by atoms with E-state index in [0.717, 1.165) is 23.6 Å². The van der Waals surface area contributed by atoms with Crippen molar-refractivity contribution in [3.8, 4) is 0 Å². The van der Waals surface area contributed by atoms with Crippen molar-refractivity contribution >= 4 is 5.69 Å². The van der Waals surface area contributed by atoms with Crippen LogP contribution in [0.25, 0.3) is 0 Å². The van der Waals surface area contributed by atoms with Crippen molar-refractivity contribution in [3.63, 3.8) is 0 Å². The molecular formula is C14H17N3. The number of hydrogen-bond donors (Lipinski definition) is 1. The molecule has 0 fully saturated rings. The summed E-state index contributed by atoms with van der Waals surface area (Å²) in [5.41, 5.74) is 5.63. The summed E-state index contributed by atoms with van der Waals surface area (Å²) in [6, 6.07) is 6.12. The van der Waals surface area contributed by atoms with E-state index < -0.39 is 0 Å². The second-order valence-corrected chi connectivity index (χ2v) is 4.24. The maximum Gasteiger partial charge on any atom is 0.0606 e. The van der Waals surface area contributed by atoms with Gasteiger partial charge in [0, 0.05) is 24.6 Å². The lowest BCUT2D eigenvalue weighted by atomic mass is 10.1. The molecule has 0 radical (unpaired) electrons. The summed E-state index contributed by atoms with van der Waals surface area (Å²) in [7, 11) is 0. The first-order valence-electron chi connectivity index (χ1n) is 5.74. The van der Waals surface area contributed by atoms with Crippen molar-refractivity contribution in [2.24, 2.45) is 0 Å². The van der Waals surface area contributed by atoms with Crippen LogP contribution < -0.4 is 5.32 Å². The Kier molecular flexibility index (Phi) is 3.38. The highest BCUT2D eigenvalue weighted by Gasteiger charge is 2.01. The SMILES string of the molecule is Cc1ccc(NCc2cnccc2C)c(C)n1. The maximum atomic E-state index is 4.43. The number of hydrogen-bond acceptors (Lipinski definition) is 3. The van der Waals surface area contributed by atoms with Crippen LogP contribution in [0.3, 0.4) is 0 Å². The van der Waals surface area contributed by atoms with Gasteiger partial charge in [-0.1, -0.05) is 0 Å². The standard InChI is InChI=1S/C14H17N3/c1-10-6-7-15-8-13(10)9-16-14-5-4-11(2)17-12(14)3/h4-8,16H,9H2,1-3H3. The van der Waals surface area contributed by atoms with Gasteiger partial charge in [-0.15, -0.1) is 0 Å². The monoisotopic (exact) mass is 227 g/mol. The van der Waals surface area contributed by atoms with E-state index in [4.69, 9.17) is 0 Å². The van der Waals surface area contributed by atoms with Crippen molar-refractivity contribution in [2.45, 2.75) is 27.3 Å². The van der Waals surface area contributed by atoms with E-state index >= 15 is 0 Å². The summed E-state index contributed by atoms with van der Waals surface area (Å²) in [5, 5.41) is 3.39. The van der Waals surface area contributed by atoms with E-state index in [1.165, 1.54) is 11.1 Å². The third-order valence-electron chi connectivity index (χ3n) is 2.84. The molecule has 2 heterocycles. The minimum atomic E-state index is 0.783. The lowest BCUT2D eigenvalue weighted by molar-refractivity contribution is 1.05. The smallest absolute Gasteiger partial charge is 0.0606 e. The molecule has 0 unspecified atom stereocenters. The van der Waals surface area contributed by atoms with Gasteiger partial charge in [-0.2, -0.15) is 0 Å². The average molecular weight is 227 g/mol. The lowest BCUT2D eigenvalue weighted by Gasteiger charge is -2.10. The largest absolute Gasteiger partial charge is 0.379 e. The Morgan fingerprint density at radius 1 is 1.12 bits per heavy atom. The van der Waals surface area contributed by atoms with Crippen LogP contribution in [0.5, 0.6) is 0 Å². The van der Waals surface area contributed by atoms with Gasteiger partial charge in [0.15, 0.2) is 0 Å². The van der Waals surface area contributed by atoms with Gasteiger partial charge in [-0.05, 0) is 50.1 Å². The van der Waals surface area contributed by atoms with E-state index in [-0.39, 0.29) is 0 Å². The molecule has 0 bridgehead atoms. The fraction of sp³-hybridized carbons (Fsp3) is 0.286. The van der Waals surface area contributed by atoms with Gasteiger partial charge in [-0.3, -0.25) is 9.97 Å². The van der Waals surface area contributed by atoms with Gasteiger partial charge >= 0.3 is 0 Å². The number of nitrogens with zero attached hydrogens (tertiary/aromatic N) is 2. The Hall–Kier alpha value is -1.90. The highest BCUT2D eigenvalue weighted by molar-refractivity contribution is 5.48. The number of pyridine rings is 2. The normalized spacial score (nSPS) is 10.3. The van der Waals surface area contributed by atoms with Crippen LogP contribution in [-0.2, 0) is 6.54 Å². The average Bonchev–Trinajstić information content (AvgIpc) is 2.30. The molecule has 0 saturated heterocycles. The zero-order valence-electron chi connectivity index (χ0n) is 10.5. The predicted octanol–water partition coefficient (Wildman–Crippen LogP) is 3.01. The fourth-order valence-electron chi connectivity index (χ4n) is 1.75. The summed E-state index contributed by atoms with van der Waals surface area (Å²) < 4.78 is 0. The first kappa shape index (κ1) is 11.6. The summed E-state index contributed by atoms with van der Waals surface area (Å²) >= 11 is 0. The molecule has 0 aliphatic rings. The number of nitrogens with one attached hydrogen (secondary N) is 1. The molecule has 1 N–H and O–H groups in total. The molecule has 0 aliphatic heterocycles. The van der Waals surface area contributed by atoms with E-state index in [1.54, 1.807) is 0 Å². The van der Waals surface area contributed by atoms with Gasteiger partial charge in [0.05, 0.1) is 11.4 Å². The summed E-state index contributed by atoms with van der Waals surface area (Å²) in [5.74, 6) is 0. The first-order valence-corrected chi connectivity index (χ1v) is 5.74. The molecule has 2 rings (SSSR count). The molecule has 2 aromatic heterocycles. The second-order valence-electron chi connectivity index (χ2n) is 4.24. The number of aromatic nitrogens is 2. The van der Waals surface area contributed by atoms with Crippen molar-refractivity contribution in [1.29, 1.82) is 0 Å².